The van der Waals surface area contributed by atoms with E-state index >= 15 is 0 Å². The van der Waals surface area contributed by atoms with Gasteiger partial charge in [0.05, 0.1) is 5.97 Å². The number of aliphatic carboxylic acids is 1. The van der Waals surface area contributed by atoms with Crippen LogP contribution in [-0.4, -0.2) is 30.7 Å². The van der Waals surface area contributed by atoms with Crippen molar-refractivity contribution >= 4 is 5.97 Å². The molecule has 0 bridgehead atoms. The fourth-order valence-corrected chi connectivity index (χ4v) is 0.431. The van der Waals surface area contributed by atoms with Crippen LogP contribution in [0.3, 0.4) is 0 Å². The summed E-state index contributed by atoms with van der Waals surface area (Å²) in [6.07, 6.45) is 0. The first-order chi connectivity index (χ1) is 4.20. The van der Waals surface area contributed by atoms with E-state index < -0.39 is 12.7 Å². The summed E-state index contributed by atoms with van der Waals surface area (Å²) >= 11 is 0. The van der Waals surface area contributed by atoms with Gasteiger partial charge in [-0.3, -0.25) is 0 Å². The Morgan fingerprint density at radius 3 is 2.33 bits per heavy atom. The molecule has 0 aliphatic rings. The molecule has 0 aliphatic heterocycles. The van der Waals surface area contributed by atoms with E-state index in [1.165, 1.54) is 4.90 Å². The van der Waals surface area contributed by atoms with Gasteiger partial charge in [0.2, 0.25) is 0 Å². The average molecular weight is 131 g/mol. The molecule has 4 heteroatoms. The van der Waals surface area contributed by atoms with Crippen LogP contribution in [0.4, 0.5) is 0 Å². The minimum Gasteiger partial charge on any atom is -0.843 e. The van der Waals surface area contributed by atoms with E-state index in [1.807, 2.05) is 0 Å². The molecule has 4 nitrogen and oxygen atoms in total. The number of nitrogens with zero attached hydrogens (tertiary/aromatic N) is 1. The van der Waals surface area contributed by atoms with Crippen LogP contribution in [0.15, 0.2) is 0 Å². The van der Waals surface area contributed by atoms with E-state index in [2.05, 4.69) is 0 Å². The van der Waals surface area contributed by atoms with Gasteiger partial charge in [0.1, 0.15) is 0 Å². The van der Waals surface area contributed by atoms with Crippen LogP contribution in [0.1, 0.15) is 6.92 Å². The van der Waals surface area contributed by atoms with Crippen LogP contribution in [0.25, 0.3) is 0 Å². The van der Waals surface area contributed by atoms with Crippen LogP contribution in [0.5, 0.6) is 0 Å². The zero-order valence-electron chi connectivity index (χ0n) is 5.29. The minimum absolute atomic E-state index is 0.264. The quantitative estimate of drug-likeness (QED) is 0.392. The fraction of sp³-hybridized carbons (Fsp3) is 0.800. The molecule has 0 unspecified atom stereocenters. The van der Waals surface area contributed by atoms with Crippen LogP contribution >= 0.6 is 0 Å². The van der Waals surface area contributed by atoms with Crippen molar-refractivity contribution in [2.45, 2.75) is 6.92 Å². The number of carboxylic acids is 1. The first-order valence-electron chi connectivity index (χ1n) is 2.71. The van der Waals surface area contributed by atoms with E-state index in [9.17, 15) is 15.0 Å². The summed E-state index contributed by atoms with van der Waals surface area (Å²) < 4.78 is 0. The van der Waals surface area contributed by atoms with E-state index in [1.54, 1.807) is 6.92 Å². The SMILES string of the molecule is CCN(C[O-])CC(=O)[O-]. The molecule has 0 N–H and O–H groups in total. The lowest BCUT2D eigenvalue weighted by molar-refractivity contribution is -0.402. The Labute approximate surface area is 53.7 Å². The minimum atomic E-state index is -1.20. The van der Waals surface area contributed by atoms with E-state index in [0.717, 1.165) is 0 Å². The predicted molar refractivity (Wildman–Crippen MR) is 27.1 cm³/mol. The Bertz CT molecular complexity index is 90.2. The van der Waals surface area contributed by atoms with Gasteiger partial charge >= 0.3 is 0 Å². The summed E-state index contributed by atoms with van der Waals surface area (Å²) in [5.41, 5.74) is 0. The highest BCUT2D eigenvalue weighted by Crippen LogP contribution is 1.78. The third-order valence-electron chi connectivity index (χ3n) is 0.982. The third kappa shape index (κ3) is 3.93. The molecule has 0 aromatic heterocycles. The Hall–Kier alpha value is -0.610. The fourth-order valence-electron chi connectivity index (χ4n) is 0.431. The van der Waals surface area contributed by atoms with Gasteiger partial charge in [0.25, 0.3) is 0 Å². The number of hydrogen-bond donors (Lipinski definition) is 0. The lowest BCUT2D eigenvalue weighted by Gasteiger charge is -2.23. The molecular formula is C5H9NO3-2. The molecule has 0 atom stereocenters. The van der Waals surface area contributed by atoms with Gasteiger partial charge in [-0.05, 0) is 6.54 Å². The molecule has 0 aromatic rings. The molecule has 0 fully saturated rings. The summed E-state index contributed by atoms with van der Waals surface area (Å²) in [6.45, 7) is 1.43. The number of likely N-dealkylation sites (N-methyl/N-ethyl adjacent to an activating group) is 1. The monoisotopic (exact) mass is 131 g/mol. The summed E-state index contributed by atoms with van der Waals surface area (Å²) in [6, 6.07) is 0. The first kappa shape index (κ1) is 8.39. The van der Waals surface area contributed by atoms with Crippen LogP contribution in [0, 0.1) is 0 Å². The van der Waals surface area contributed by atoms with Gasteiger partial charge in [-0.25, -0.2) is 0 Å². The molecule has 9 heavy (non-hydrogen) atoms. The average Bonchev–Trinajstić information content (AvgIpc) is 1.82. The zero-order valence-corrected chi connectivity index (χ0v) is 5.29. The normalized spacial score (nSPS) is 10.1. The van der Waals surface area contributed by atoms with Gasteiger partial charge < -0.3 is 19.9 Å². The van der Waals surface area contributed by atoms with Gasteiger partial charge in [0.15, 0.2) is 0 Å². The highest BCUT2D eigenvalue weighted by Gasteiger charge is 1.92. The summed E-state index contributed by atoms with van der Waals surface area (Å²) in [4.78, 5) is 11.1. The molecule has 0 aromatic carbocycles. The maximum absolute atomic E-state index is 10.0. The van der Waals surface area contributed by atoms with Gasteiger partial charge in [-0.1, -0.05) is 13.7 Å². The smallest absolute Gasteiger partial charge is 0.0554 e. The Kier molecular flexibility index (Phi) is 4.00. The van der Waals surface area contributed by atoms with Crippen molar-refractivity contribution in [2.75, 3.05) is 19.8 Å². The molecule has 0 aliphatic carbocycles. The molecule has 0 saturated carbocycles. The summed E-state index contributed by atoms with van der Waals surface area (Å²) in [7, 11) is 0. The number of carboxylic acid groups (broad SMARTS) is 1. The molecule has 0 saturated heterocycles. The number of carbonyl (C=O) groups excluding carboxylic acids is 1. The summed E-state index contributed by atoms with van der Waals surface area (Å²) in [5.74, 6) is -1.20. The maximum atomic E-state index is 10.0. The van der Waals surface area contributed by atoms with Crippen molar-refractivity contribution in [1.82, 2.24) is 4.90 Å². The number of hydrogen-bond acceptors (Lipinski definition) is 4. The largest absolute Gasteiger partial charge is 0.843 e. The second-order valence-electron chi connectivity index (χ2n) is 1.65. The molecule has 0 amide bonds. The van der Waals surface area contributed by atoms with E-state index in [-0.39, 0.29) is 6.54 Å². The third-order valence-corrected chi connectivity index (χ3v) is 0.982. The standard InChI is InChI=1S/C5H10NO3/c1-2-6(4-7)3-5(8)9/h2-4H2,1H3,(H,8,9)/q-1/p-1. The molecule has 54 valence electrons. The topological polar surface area (TPSA) is 66.4 Å². The van der Waals surface area contributed by atoms with Crippen molar-refractivity contribution in [3.05, 3.63) is 0 Å². The lowest BCUT2D eigenvalue weighted by Crippen LogP contribution is -2.41. The Morgan fingerprint density at radius 2 is 2.22 bits per heavy atom. The van der Waals surface area contributed by atoms with Gasteiger partial charge in [-0.2, -0.15) is 0 Å². The first-order valence-corrected chi connectivity index (χ1v) is 2.71. The molecule has 0 rings (SSSR count). The van der Waals surface area contributed by atoms with E-state index in [4.69, 9.17) is 0 Å². The van der Waals surface area contributed by atoms with Crippen molar-refractivity contribution in [3.63, 3.8) is 0 Å². The second kappa shape index (κ2) is 4.29. The highest BCUT2D eigenvalue weighted by molar-refractivity contribution is 5.66. The van der Waals surface area contributed by atoms with Crippen molar-refractivity contribution < 1.29 is 15.0 Å². The van der Waals surface area contributed by atoms with Crippen molar-refractivity contribution in [2.24, 2.45) is 0 Å². The van der Waals surface area contributed by atoms with Crippen molar-refractivity contribution in [3.8, 4) is 0 Å². The lowest BCUT2D eigenvalue weighted by atomic mass is 10.5. The van der Waals surface area contributed by atoms with Crippen LogP contribution in [-0.2, 0) is 4.79 Å². The Balaban J connectivity index is 3.43. The Morgan fingerprint density at radius 1 is 1.67 bits per heavy atom. The number of carbonyl (C=O) groups is 1. The second-order valence-corrected chi connectivity index (χ2v) is 1.65. The van der Waals surface area contributed by atoms with Crippen molar-refractivity contribution in [1.29, 1.82) is 0 Å². The van der Waals surface area contributed by atoms with Crippen LogP contribution < -0.4 is 10.2 Å². The van der Waals surface area contributed by atoms with Gasteiger partial charge in [0, 0.05) is 6.54 Å². The van der Waals surface area contributed by atoms with Gasteiger partial charge in [-0.15, -0.1) is 0 Å². The molecule has 0 spiro atoms. The van der Waals surface area contributed by atoms with E-state index in [0.29, 0.717) is 6.54 Å². The molecular weight excluding hydrogens is 122 g/mol. The maximum Gasteiger partial charge on any atom is 0.0554 e. The predicted octanol–water partition coefficient (Wildman–Crippen LogP) is -2.62. The molecule has 0 radical (unpaired) electrons. The van der Waals surface area contributed by atoms with Crippen LogP contribution in [0.2, 0.25) is 0 Å². The number of rotatable bonds is 4. The molecule has 0 heterocycles. The highest BCUT2D eigenvalue weighted by atomic mass is 16.4. The zero-order chi connectivity index (χ0) is 7.28. The summed E-state index contributed by atoms with van der Waals surface area (Å²) in [5, 5.41) is 19.9.